The monoisotopic (exact) mass is 403 g/mol. The van der Waals surface area contributed by atoms with Crippen molar-refractivity contribution in [3.63, 3.8) is 0 Å². The normalized spacial score (nSPS) is 23.6. The Morgan fingerprint density at radius 1 is 1.19 bits per heavy atom. The zero-order valence-corrected chi connectivity index (χ0v) is 16.1. The smallest absolute Gasteiger partial charge is 0.331 e. The van der Waals surface area contributed by atoms with Gasteiger partial charge in [0.05, 0.1) is 25.3 Å². The average Bonchev–Trinajstić information content (AvgIpc) is 2.54. The van der Waals surface area contributed by atoms with Crippen molar-refractivity contribution in [1.29, 1.82) is 0 Å². The van der Waals surface area contributed by atoms with Gasteiger partial charge in [0.1, 0.15) is 6.04 Å². The number of rotatable bonds is 5. The molecular formula is C16H25N3O7S. The van der Waals surface area contributed by atoms with Gasteiger partial charge in [-0.1, -0.05) is 0 Å². The lowest BCUT2D eigenvalue weighted by Crippen LogP contribution is -2.53. The molecule has 0 saturated carbocycles. The van der Waals surface area contributed by atoms with Crippen LogP contribution in [0.5, 0.6) is 0 Å². The van der Waals surface area contributed by atoms with E-state index in [1.807, 2.05) is 0 Å². The molecule has 2 bridgehead atoms. The quantitative estimate of drug-likeness (QED) is 0.493. The van der Waals surface area contributed by atoms with Crippen LogP contribution in [0.15, 0.2) is 15.7 Å². The molecule has 1 aliphatic heterocycles. The number of aryl methyl sites for hydroxylation is 1. The summed E-state index contributed by atoms with van der Waals surface area (Å²) in [6.45, 7) is 0.941. The number of carboxylic acid groups (broad SMARTS) is 1. The number of aliphatic hydroxyl groups is 2. The number of aliphatic hydroxyl groups excluding tert-OH is 2. The zero-order valence-electron chi connectivity index (χ0n) is 15.3. The molecule has 1 aromatic heterocycles. The number of carbonyl (C=O) groups is 1. The summed E-state index contributed by atoms with van der Waals surface area (Å²) < 4.78 is 13.5. The predicted molar refractivity (Wildman–Crippen MR) is 98.3 cm³/mol. The third kappa shape index (κ3) is 5.34. The number of carboxylic acids is 1. The third-order valence-electron chi connectivity index (χ3n) is 4.57. The van der Waals surface area contributed by atoms with Gasteiger partial charge < -0.3 is 15.3 Å². The molecule has 0 amide bonds. The Morgan fingerprint density at radius 2 is 1.74 bits per heavy atom. The number of aromatic nitrogens is 2. The molecule has 152 valence electrons. The highest BCUT2D eigenvalue weighted by atomic mass is 32.2. The maximum absolute atomic E-state index is 12.5. The van der Waals surface area contributed by atoms with Gasteiger partial charge in [-0.05, 0) is 13.3 Å². The second kappa shape index (κ2) is 8.91. The van der Waals surface area contributed by atoms with E-state index in [1.165, 1.54) is 21.8 Å². The van der Waals surface area contributed by atoms with Crippen LogP contribution < -0.4 is 11.2 Å². The molecule has 0 aliphatic carbocycles. The van der Waals surface area contributed by atoms with Crippen molar-refractivity contribution in [2.45, 2.75) is 44.7 Å². The minimum Gasteiger partial charge on any atom is -0.480 e. The van der Waals surface area contributed by atoms with Crippen molar-refractivity contribution in [1.82, 2.24) is 14.0 Å². The number of fused-ring (bicyclic) bond motifs is 2. The van der Waals surface area contributed by atoms with Gasteiger partial charge >= 0.3 is 11.7 Å². The van der Waals surface area contributed by atoms with E-state index in [4.69, 9.17) is 0 Å². The first-order valence-corrected chi connectivity index (χ1v) is 10.3. The van der Waals surface area contributed by atoms with Crippen LogP contribution >= 0.6 is 0 Å². The van der Waals surface area contributed by atoms with Crippen LogP contribution in [0.3, 0.4) is 0 Å². The Kier molecular flexibility index (Phi) is 7.09. The Labute approximate surface area is 158 Å². The van der Waals surface area contributed by atoms with Gasteiger partial charge in [0.15, 0.2) is 0 Å². The van der Waals surface area contributed by atoms with Crippen molar-refractivity contribution in [3.05, 3.63) is 32.6 Å². The van der Waals surface area contributed by atoms with E-state index in [0.29, 0.717) is 5.69 Å². The number of aliphatic carboxylic acids is 1. The van der Waals surface area contributed by atoms with Gasteiger partial charge in [-0.2, -0.15) is 0 Å². The molecule has 0 fully saturated rings. The van der Waals surface area contributed by atoms with Crippen LogP contribution in [0, 0.1) is 6.92 Å². The molecule has 0 radical (unpaired) electrons. The van der Waals surface area contributed by atoms with Gasteiger partial charge in [-0.25, -0.2) is 4.79 Å². The molecular weight excluding hydrogens is 378 g/mol. The maximum Gasteiger partial charge on any atom is 0.331 e. The molecule has 11 heteroatoms. The molecule has 0 saturated heterocycles. The molecule has 2 rings (SSSR count). The second-order valence-corrected chi connectivity index (χ2v) is 8.36. The maximum atomic E-state index is 12.5. The SMILES string of the molecule is Cc1cc(=O)n2c(=O)n1CC(O)CN(C(CCS(C)=O)C(=O)O)CC(O)C2. The Bertz CT molecular complexity index is 834. The largest absolute Gasteiger partial charge is 0.480 e. The molecule has 0 aromatic carbocycles. The first-order valence-electron chi connectivity index (χ1n) is 8.54. The molecule has 1 aromatic rings. The van der Waals surface area contributed by atoms with E-state index in [0.717, 1.165) is 4.57 Å². The Morgan fingerprint density at radius 3 is 2.26 bits per heavy atom. The first kappa shape index (κ1) is 21.5. The summed E-state index contributed by atoms with van der Waals surface area (Å²) in [5, 5.41) is 30.3. The third-order valence-corrected chi connectivity index (χ3v) is 5.38. The molecule has 0 spiro atoms. The zero-order chi connectivity index (χ0) is 20.3. The highest BCUT2D eigenvalue weighted by molar-refractivity contribution is 7.84. The summed E-state index contributed by atoms with van der Waals surface area (Å²) >= 11 is 0. The molecule has 1 aliphatic rings. The fourth-order valence-electron chi connectivity index (χ4n) is 3.26. The van der Waals surface area contributed by atoms with E-state index in [2.05, 4.69) is 0 Å². The van der Waals surface area contributed by atoms with E-state index in [1.54, 1.807) is 6.92 Å². The van der Waals surface area contributed by atoms with Crippen molar-refractivity contribution in [2.75, 3.05) is 25.1 Å². The molecule has 2 heterocycles. The van der Waals surface area contributed by atoms with Crippen LogP contribution in [-0.2, 0) is 28.7 Å². The van der Waals surface area contributed by atoms with Crippen molar-refractivity contribution < 1.29 is 24.3 Å². The van der Waals surface area contributed by atoms with E-state index in [-0.39, 0.29) is 38.4 Å². The van der Waals surface area contributed by atoms with Crippen LogP contribution in [-0.4, -0.2) is 82.9 Å². The van der Waals surface area contributed by atoms with Crippen molar-refractivity contribution in [2.24, 2.45) is 0 Å². The average molecular weight is 403 g/mol. The Balaban J connectivity index is 2.38. The van der Waals surface area contributed by atoms with Crippen molar-refractivity contribution in [3.8, 4) is 0 Å². The highest BCUT2D eigenvalue weighted by Gasteiger charge is 2.30. The van der Waals surface area contributed by atoms with Gasteiger partial charge in [-0.15, -0.1) is 0 Å². The lowest BCUT2D eigenvalue weighted by Gasteiger charge is -2.33. The minimum atomic E-state index is -1.19. The standard InChI is InChI=1S/C16H25N3O7S/c1-10-5-14(22)19-9-12(21)7-17(6-11(20)8-18(10)16(19)25)13(15(23)24)3-4-27(2)26/h5,11-13,20-21H,3-4,6-9H2,1-2H3,(H,23,24). The summed E-state index contributed by atoms with van der Waals surface area (Å²) in [6.07, 6.45) is -0.723. The van der Waals surface area contributed by atoms with Gasteiger partial charge in [-0.3, -0.25) is 27.8 Å². The summed E-state index contributed by atoms with van der Waals surface area (Å²) in [6, 6.07) is 0.210. The van der Waals surface area contributed by atoms with Crippen LogP contribution in [0.2, 0.25) is 0 Å². The summed E-state index contributed by atoms with van der Waals surface area (Å²) in [7, 11) is -1.18. The lowest BCUT2D eigenvalue weighted by molar-refractivity contribution is -0.144. The summed E-state index contributed by atoms with van der Waals surface area (Å²) in [5.74, 6) is -0.988. The van der Waals surface area contributed by atoms with Gasteiger partial charge in [0, 0.05) is 47.7 Å². The number of nitrogens with zero attached hydrogens (tertiary/aromatic N) is 3. The van der Waals surface area contributed by atoms with Crippen LogP contribution in [0.25, 0.3) is 0 Å². The van der Waals surface area contributed by atoms with Gasteiger partial charge in [0.25, 0.3) is 5.56 Å². The fourth-order valence-corrected chi connectivity index (χ4v) is 3.82. The summed E-state index contributed by atoms with van der Waals surface area (Å²) in [5.41, 5.74) is -0.814. The number of β-amino-alcohol motifs (C(OH)–C–C–N with tert-alkyl or cyclic N) is 2. The summed E-state index contributed by atoms with van der Waals surface area (Å²) in [4.78, 5) is 37.7. The van der Waals surface area contributed by atoms with E-state index in [9.17, 15) is 33.9 Å². The number of hydrogen-bond acceptors (Lipinski definition) is 7. The van der Waals surface area contributed by atoms with Gasteiger partial charge in [0.2, 0.25) is 0 Å². The predicted octanol–water partition coefficient (Wildman–Crippen LogP) is -2.42. The van der Waals surface area contributed by atoms with Crippen LogP contribution in [0.4, 0.5) is 0 Å². The van der Waals surface area contributed by atoms with Crippen LogP contribution in [0.1, 0.15) is 12.1 Å². The number of hydrogen-bond donors (Lipinski definition) is 3. The molecule has 4 atom stereocenters. The molecule has 10 nitrogen and oxygen atoms in total. The molecule has 3 N–H and O–H groups in total. The highest BCUT2D eigenvalue weighted by Crippen LogP contribution is 2.11. The topological polar surface area (TPSA) is 142 Å². The lowest BCUT2D eigenvalue weighted by atomic mass is 10.1. The molecule has 4 unspecified atom stereocenters. The second-order valence-electron chi connectivity index (χ2n) is 6.81. The Hall–Kier alpha value is -1.82. The van der Waals surface area contributed by atoms with E-state index >= 15 is 0 Å². The van der Waals surface area contributed by atoms with Crippen molar-refractivity contribution >= 4 is 16.8 Å². The molecule has 27 heavy (non-hydrogen) atoms. The first-order chi connectivity index (χ1) is 12.6. The minimum absolute atomic E-state index is 0.0854. The van der Waals surface area contributed by atoms with E-state index < -0.39 is 46.3 Å². The fraction of sp³-hybridized carbons (Fsp3) is 0.688.